The van der Waals surface area contributed by atoms with E-state index in [9.17, 15) is 4.79 Å². The molecule has 2 rings (SSSR count). The minimum atomic E-state index is -0.0722. The van der Waals surface area contributed by atoms with Crippen LogP contribution in [0.25, 0.3) is 0 Å². The Morgan fingerprint density at radius 3 is 2.68 bits per heavy atom. The fraction of sp³-hybridized carbons (Fsp3) is 0.333. The molecule has 0 spiro atoms. The van der Waals surface area contributed by atoms with Crippen LogP contribution >= 0.6 is 35.3 Å². The van der Waals surface area contributed by atoms with Crippen molar-refractivity contribution >= 4 is 52.9 Å². The molecule has 25 heavy (non-hydrogen) atoms. The zero-order valence-electron chi connectivity index (χ0n) is 14.8. The lowest BCUT2D eigenvalue weighted by Gasteiger charge is -2.11. The smallest absolute Gasteiger partial charge is 0.221 e. The number of rotatable bonds is 6. The van der Waals surface area contributed by atoms with E-state index in [1.807, 2.05) is 31.2 Å². The van der Waals surface area contributed by atoms with Crippen molar-refractivity contribution in [1.82, 2.24) is 10.6 Å². The van der Waals surface area contributed by atoms with Crippen LogP contribution in [-0.4, -0.2) is 18.4 Å². The van der Waals surface area contributed by atoms with Crippen LogP contribution in [-0.2, 0) is 17.9 Å². The highest BCUT2D eigenvalue weighted by Gasteiger charge is 2.03. The van der Waals surface area contributed by atoms with Gasteiger partial charge in [-0.2, -0.15) is 0 Å². The predicted molar refractivity (Wildman–Crippen MR) is 117 cm³/mol. The van der Waals surface area contributed by atoms with Crippen LogP contribution in [0.2, 0.25) is 0 Å². The maximum absolute atomic E-state index is 11.1. The number of halogens is 1. The normalized spacial score (nSPS) is 10.8. The van der Waals surface area contributed by atoms with Gasteiger partial charge in [0.25, 0.3) is 0 Å². The van der Waals surface area contributed by atoms with Crippen LogP contribution in [0, 0.1) is 6.92 Å². The van der Waals surface area contributed by atoms with E-state index < -0.39 is 0 Å². The highest BCUT2D eigenvalue weighted by molar-refractivity contribution is 14.0. The summed E-state index contributed by atoms with van der Waals surface area (Å²) in [4.78, 5) is 17.1. The van der Waals surface area contributed by atoms with Gasteiger partial charge in [0.15, 0.2) is 5.96 Å². The van der Waals surface area contributed by atoms with E-state index in [4.69, 9.17) is 0 Å². The fourth-order valence-electron chi connectivity index (χ4n) is 2.21. The van der Waals surface area contributed by atoms with Crippen molar-refractivity contribution in [3.63, 3.8) is 0 Å². The number of benzene rings is 1. The van der Waals surface area contributed by atoms with E-state index in [-0.39, 0.29) is 29.9 Å². The molecule has 0 aliphatic heterocycles. The summed E-state index contributed by atoms with van der Waals surface area (Å²) < 4.78 is 0. The summed E-state index contributed by atoms with van der Waals surface area (Å²) in [7, 11) is 0. The topological polar surface area (TPSA) is 65.5 Å². The molecule has 1 aromatic heterocycles. The number of aliphatic imine (C=N–C) groups is 1. The van der Waals surface area contributed by atoms with Gasteiger partial charge >= 0.3 is 0 Å². The Balaban J connectivity index is 0.00000312. The first-order valence-corrected chi connectivity index (χ1v) is 8.88. The zero-order valence-corrected chi connectivity index (χ0v) is 17.9. The summed E-state index contributed by atoms with van der Waals surface area (Å²) in [5.41, 5.74) is 3.14. The summed E-state index contributed by atoms with van der Waals surface area (Å²) in [6.07, 6.45) is 0. The monoisotopic (exact) mass is 472 g/mol. The van der Waals surface area contributed by atoms with Gasteiger partial charge < -0.3 is 16.0 Å². The first kappa shape index (κ1) is 21.4. The molecule has 7 heteroatoms. The largest absolute Gasteiger partial charge is 0.357 e. The molecule has 0 saturated carbocycles. The molecule has 1 heterocycles. The molecule has 0 aliphatic rings. The Hall–Kier alpha value is -1.61. The Morgan fingerprint density at radius 1 is 1.24 bits per heavy atom. The van der Waals surface area contributed by atoms with Gasteiger partial charge in [-0.25, -0.2) is 4.99 Å². The van der Waals surface area contributed by atoms with E-state index in [2.05, 4.69) is 39.3 Å². The lowest BCUT2D eigenvalue weighted by atomic mass is 10.2. The van der Waals surface area contributed by atoms with Crippen molar-refractivity contribution in [2.24, 2.45) is 4.99 Å². The molecule has 0 saturated heterocycles. The fourth-order valence-corrected chi connectivity index (χ4v) is 3.06. The molecule has 0 fully saturated rings. The van der Waals surface area contributed by atoms with Gasteiger partial charge in [-0.15, -0.1) is 35.3 Å². The number of nitrogens with zero attached hydrogens (tertiary/aromatic N) is 1. The number of carbonyl (C=O) groups excluding carboxylic acids is 1. The summed E-state index contributed by atoms with van der Waals surface area (Å²) in [6.45, 7) is 7.79. The van der Waals surface area contributed by atoms with Gasteiger partial charge in [-0.1, -0.05) is 12.1 Å². The lowest BCUT2D eigenvalue weighted by Crippen LogP contribution is -2.36. The number of anilines is 1. The van der Waals surface area contributed by atoms with E-state index in [0.29, 0.717) is 6.54 Å². The molecule has 0 atom stereocenters. The van der Waals surface area contributed by atoms with Gasteiger partial charge in [0.1, 0.15) is 0 Å². The molecule has 1 amide bonds. The average Bonchev–Trinajstić information content (AvgIpc) is 2.95. The Morgan fingerprint density at radius 2 is 2.04 bits per heavy atom. The van der Waals surface area contributed by atoms with Crippen LogP contribution in [0.4, 0.5) is 5.69 Å². The highest BCUT2D eigenvalue weighted by atomic mass is 127. The Bertz CT molecular complexity index is 715. The maximum atomic E-state index is 11.1. The minimum Gasteiger partial charge on any atom is -0.357 e. The Kier molecular flexibility index (Phi) is 9.51. The number of nitrogens with one attached hydrogen (secondary N) is 3. The van der Waals surface area contributed by atoms with Crippen molar-refractivity contribution in [3.05, 3.63) is 51.7 Å². The van der Waals surface area contributed by atoms with Crippen molar-refractivity contribution in [2.45, 2.75) is 33.9 Å². The maximum Gasteiger partial charge on any atom is 0.221 e. The van der Waals surface area contributed by atoms with Gasteiger partial charge in [0.05, 0.1) is 13.1 Å². The predicted octanol–water partition coefficient (Wildman–Crippen LogP) is 3.89. The van der Waals surface area contributed by atoms with Gasteiger partial charge in [-0.3, -0.25) is 4.79 Å². The molecule has 0 bridgehead atoms. The Labute approximate surface area is 170 Å². The summed E-state index contributed by atoms with van der Waals surface area (Å²) >= 11 is 1.75. The van der Waals surface area contributed by atoms with Crippen LogP contribution < -0.4 is 16.0 Å². The number of carbonyl (C=O) groups is 1. The summed E-state index contributed by atoms with van der Waals surface area (Å²) in [6, 6.07) is 9.86. The van der Waals surface area contributed by atoms with Crippen LogP contribution in [0.3, 0.4) is 0 Å². The van der Waals surface area contributed by atoms with Crippen LogP contribution in [0.15, 0.2) is 40.7 Å². The number of hydrogen-bond acceptors (Lipinski definition) is 3. The second-order valence-corrected chi connectivity index (χ2v) is 6.46. The number of amides is 1. The van der Waals surface area contributed by atoms with Crippen molar-refractivity contribution in [3.8, 4) is 0 Å². The summed E-state index contributed by atoms with van der Waals surface area (Å²) in [5.74, 6) is 0.715. The minimum absolute atomic E-state index is 0. The summed E-state index contributed by atoms with van der Waals surface area (Å²) in [5, 5.41) is 11.5. The molecule has 3 N–H and O–H groups in total. The van der Waals surface area contributed by atoms with Crippen LogP contribution in [0.5, 0.6) is 0 Å². The first-order valence-electron chi connectivity index (χ1n) is 8.00. The highest BCUT2D eigenvalue weighted by Crippen LogP contribution is 2.15. The van der Waals surface area contributed by atoms with Crippen LogP contribution in [0.1, 0.15) is 29.9 Å². The number of aryl methyl sites for hydroxylation is 1. The molecular formula is C18H25IN4OS. The molecule has 0 radical (unpaired) electrons. The third kappa shape index (κ3) is 7.43. The average molecular weight is 472 g/mol. The third-order valence-corrected chi connectivity index (χ3v) is 4.42. The molecule has 1 aromatic carbocycles. The van der Waals surface area contributed by atoms with Crippen molar-refractivity contribution in [1.29, 1.82) is 0 Å². The second-order valence-electron chi connectivity index (χ2n) is 5.46. The second kappa shape index (κ2) is 11.1. The van der Waals surface area contributed by atoms with Gasteiger partial charge in [0.2, 0.25) is 5.91 Å². The molecular weight excluding hydrogens is 447 g/mol. The van der Waals surface area contributed by atoms with Gasteiger partial charge in [-0.05, 0) is 48.6 Å². The lowest BCUT2D eigenvalue weighted by molar-refractivity contribution is -0.114. The standard InChI is InChI=1S/C18H24N4OS.HI/c1-4-19-18(21-12-17-13(2)8-9-24-17)20-11-15-6-5-7-16(10-15)22-14(3)23;/h5-10H,4,11-12H2,1-3H3,(H,22,23)(H2,19,20,21);1H. The van der Waals surface area contributed by atoms with Crippen molar-refractivity contribution in [2.75, 3.05) is 11.9 Å². The third-order valence-electron chi connectivity index (χ3n) is 3.40. The molecule has 2 aromatic rings. The van der Waals surface area contributed by atoms with E-state index in [1.54, 1.807) is 11.3 Å². The number of thiophene rings is 1. The first-order chi connectivity index (χ1) is 11.6. The van der Waals surface area contributed by atoms with E-state index in [0.717, 1.165) is 30.3 Å². The molecule has 5 nitrogen and oxygen atoms in total. The SMILES string of the molecule is CCNC(=NCc1cccc(NC(C)=O)c1)NCc1sccc1C.I. The molecule has 0 unspecified atom stereocenters. The number of guanidine groups is 1. The zero-order chi connectivity index (χ0) is 17.4. The van der Waals surface area contributed by atoms with E-state index in [1.165, 1.54) is 17.4 Å². The molecule has 136 valence electrons. The van der Waals surface area contributed by atoms with Gasteiger partial charge in [0, 0.05) is 24.0 Å². The quantitative estimate of drug-likeness (QED) is 0.340. The van der Waals surface area contributed by atoms with Crippen molar-refractivity contribution < 1.29 is 4.79 Å². The van der Waals surface area contributed by atoms with E-state index >= 15 is 0 Å². The molecule has 0 aliphatic carbocycles. The number of hydrogen-bond donors (Lipinski definition) is 3.